The summed E-state index contributed by atoms with van der Waals surface area (Å²) in [6.45, 7) is 5.66. The van der Waals surface area contributed by atoms with Crippen LogP contribution in [-0.2, 0) is 9.53 Å². The van der Waals surface area contributed by atoms with Gasteiger partial charge in [0.2, 0.25) is 0 Å². The number of aliphatic hydroxyl groups is 1. The minimum atomic E-state index is -0.281. The highest BCUT2D eigenvalue weighted by Crippen LogP contribution is 2.33. The highest BCUT2D eigenvalue weighted by atomic mass is 32.2. The molecule has 10 heteroatoms. The van der Waals surface area contributed by atoms with Crippen LogP contribution in [0.4, 0.5) is 5.82 Å². The number of nitrogens with one attached hydrogen (secondary N) is 1. The van der Waals surface area contributed by atoms with Crippen molar-refractivity contribution >= 4 is 51.7 Å². The molecule has 0 atom stereocenters. The van der Waals surface area contributed by atoms with E-state index in [2.05, 4.69) is 24.1 Å². The van der Waals surface area contributed by atoms with Gasteiger partial charge in [-0.25, -0.2) is 4.98 Å². The van der Waals surface area contributed by atoms with Crippen LogP contribution in [0.25, 0.3) is 11.7 Å². The van der Waals surface area contributed by atoms with Crippen LogP contribution in [0, 0.1) is 5.92 Å². The summed E-state index contributed by atoms with van der Waals surface area (Å²) in [5.74, 6) is 0.633. The Labute approximate surface area is 190 Å². The van der Waals surface area contributed by atoms with E-state index in [1.807, 2.05) is 0 Å². The van der Waals surface area contributed by atoms with Gasteiger partial charge in [-0.1, -0.05) is 43.9 Å². The van der Waals surface area contributed by atoms with Gasteiger partial charge in [-0.3, -0.25) is 18.9 Å². The van der Waals surface area contributed by atoms with Gasteiger partial charge in [-0.05, 0) is 30.5 Å². The molecule has 1 saturated heterocycles. The molecule has 3 heterocycles. The first-order valence-corrected chi connectivity index (χ1v) is 11.3. The smallest absolute Gasteiger partial charge is 0.267 e. The maximum absolute atomic E-state index is 13.2. The lowest BCUT2D eigenvalue weighted by molar-refractivity contribution is -0.122. The van der Waals surface area contributed by atoms with Gasteiger partial charge in [0.05, 0.1) is 30.3 Å². The van der Waals surface area contributed by atoms with Crippen molar-refractivity contribution in [3.63, 3.8) is 0 Å². The molecule has 2 aromatic rings. The van der Waals surface area contributed by atoms with Gasteiger partial charge in [0.25, 0.3) is 11.5 Å². The molecular weight excluding hydrogens is 436 g/mol. The number of ether oxygens (including phenoxy) is 1. The molecule has 31 heavy (non-hydrogen) atoms. The Balaban J connectivity index is 1.93. The lowest BCUT2D eigenvalue weighted by Gasteiger charge is -2.15. The van der Waals surface area contributed by atoms with Crippen LogP contribution in [0.3, 0.4) is 0 Å². The van der Waals surface area contributed by atoms with Crippen molar-refractivity contribution < 1.29 is 14.6 Å². The van der Waals surface area contributed by atoms with Crippen molar-refractivity contribution in [3.05, 3.63) is 45.2 Å². The molecule has 8 nitrogen and oxygen atoms in total. The Morgan fingerprint density at radius 3 is 2.87 bits per heavy atom. The van der Waals surface area contributed by atoms with Crippen LogP contribution in [0.1, 0.15) is 25.8 Å². The molecule has 0 aliphatic carbocycles. The number of carbonyl (C=O) groups excluding carboxylic acids is 1. The lowest BCUT2D eigenvalue weighted by Crippen LogP contribution is -2.29. The van der Waals surface area contributed by atoms with Crippen molar-refractivity contribution in [2.24, 2.45) is 5.92 Å². The first-order chi connectivity index (χ1) is 14.9. The summed E-state index contributed by atoms with van der Waals surface area (Å²) >= 11 is 6.59. The molecule has 0 aromatic carbocycles. The summed E-state index contributed by atoms with van der Waals surface area (Å²) in [6, 6.07) is 5.29. The standard InChI is InChI=1S/C21H26N4O4S2/c1-14(2)6-9-25-20(28)16(31-21(25)30)13-15-18(22-7-11-29-12-10-26)23-17-5-3-4-8-24(17)19(15)27/h3-5,8,13-14,22,26H,6-7,9-12H2,1-2H3/b16-13-. The minimum absolute atomic E-state index is 0.0561. The SMILES string of the molecule is CC(C)CCN1C(=O)/C(=C/c2c(NCCOCCO)nc3ccccn3c2=O)SC1=S. The van der Waals surface area contributed by atoms with Crippen molar-refractivity contribution in [1.82, 2.24) is 14.3 Å². The number of rotatable bonds is 10. The molecule has 1 aliphatic rings. The molecule has 0 radical (unpaired) electrons. The number of fused-ring (bicyclic) bond motifs is 1. The summed E-state index contributed by atoms with van der Waals surface area (Å²) in [7, 11) is 0. The molecule has 0 saturated carbocycles. The molecule has 0 bridgehead atoms. The first-order valence-electron chi connectivity index (χ1n) is 10.1. The quantitative estimate of drug-likeness (QED) is 0.316. The number of carbonyl (C=O) groups is 1. The number of thioether (sulfide) groups is 1. The molecule has 2 aromatic heterocycles. The van der Waals surface area contributed by atoms with Crippen LogP contribution >= 0.6 is 24.0 Å². The van der Waals surface area contributed by atoms with Gasteiger partial charge in [0.1, 0.15) is 15.8 Å². The molecule has 0 unspecified atom stereocenters. The van der Waals surface area contributed by atoms with Crippen LogP contribution in [0.15, 0.2) is 34.1 Å². The number of aliphatic hydroxyl groups excluding tert-OH is 1. The molecular formula is C21H26N4O4S2. The fourth-order valence-electron chi connectivity index (χ4n) is 2.99. The summed E-state index contributed by atoms with van der Waals surface area (Å²) in [6.07, 6.45) is 4.06. The monoisotopic (exact) mass is 462 g/mol. The van der Waals surface area contributed by atoms with Crippen molar-refractivity contribution in [2.75, 3.05) is 38.2 Å². The number of anilines is 1. The van der Waals surface area contributed by atoms with Gasteiger partial charge < -0.3 is 15.2 Å². The van der Waals surface area contributed by atoms with Crippen LogP contribution in [0.5, 0.6) is 0 Å². The fraction of sp³-hybridized carbons (Fsp3) is 0.429. The van der Waals surface area contributed by atoms with E-state index in [9.17, 15) is 9.59 Å². The van der Waals surface area contributed by atoms with E-state index in [-0.39, 0.29) is 30.2 Å². The molecule has 1 fully saturated rings. The Morgan fingerprint density at radius 1 is 1.32 bits per heavy atom. The van der Waals surface area contributed by atoms with Gasteiger partial charge in [0, 0.05) is 19.3 Å². The fourth-order valence-corrected chi connectivity index (χ4v) is 4.28. The van der Waals surface area contributed by atoms with E-state index >= 15 is 0 Å². The Hall–Kier alpha value is -2.27. The summed E-state index contributed by atoms with van der Waals surface area (Å²) in [4.78, 5) is 32.6. The van der Waals surface area contributed by atoms with Crippen LogP contribution in [0.2, 0.25) is 0 Å². The zero-order valence-electron chi connectivity index (χ0n) is 17.5. The van der Waals surface area contributed by atoms with E-state index in [1.54, 1.807) is 35.4 Å². The zero-order chi connectivity index (χ0) is 22.4. The summed E-state index contributed by atoms with van der Waals surface area (Å²) < 4.78 is 7.21. The normalized spacial score (nSPS) is 15.6. The van der Waals surface area contributed by atoms with Crippen LogP contribution < -0.4 is 10.9 Å². The predicted octanol–water partition coefficient (Wildman–Crippen LogP) is 2.36. The highest BCUT2D eigenvalue weighted by Gasteiger charge is 2.32. The van der Waals surface area contributed by atoms with E-state index in [4.69, 9.17) is 22.1 Å². The van der Waals surface area contributed by atoms with Crippen LogP contribution in [-0.4, -0.2) is 62.5 Å². The minimum Gasteiger partial charge on any atom is -0.394 e. The molecule has 1 aliphatic heterocycles. The maximum Gasteiger partial charge on any atom is 0.267 e. The first kappa shape index (κ1) is 23.4. The molecule has 166 valence electrons. The second kappa shape index (κ2) is 10.9. The predicted molar refractivity (Wildman–Crippen MR) is 127 cm³/mol. The number of hydrogen-bond acceptors (Lipinski definition) is 8. The number of nitrogens with zero attached hydrogens (tertiary/aromatic N) is 3. The van der Waals surface area contributed by atoms with Crippen molar-refractivity contribution in [3.8, 4) is 0 Å². The Morgan fingerprint density at radius 2 is 2.13 bits per heavy atom. The number of hydrogen-bond donors (Lipinski definition) is 2. The largest absolute Gasteiger partial charge is 0.394 e. The lowest BCUT2D eigenvalue weighted by atomic mass is 10.1. The van der Waals surface area contributed by atoms with E-state index in [0.29, 0.717) is 46.3 Å². The average molecular weight is 463 g/mol. The highest BCUT2D eigenvalue weighted by molar-refractivity contribution is 8.26. The van der Waals surface area contributed by atoms with Gasteiger partial charge in [-0.15, -0.1) is 0 Å². The van der Waals surface area contributed by atoms with Crippen molar-refractivity contribution in [2.45, 2.75) is 20.3 Å². The van der Waals surface area contributed by atoms with E-state index in [0.717, 1.165) is 6.42 Å². The third-order valence-corrected chi connectivity index (χ3v) is 6.00. The topological polar surface area (TPSA) is 96.2 Å². The average Bonchev–Trinajstić information content (AvgIpc) is 3.01. The van der Waals surface area contributed by atoms with Crippen molar-refractivity contribution in [1.29, 1.82) is 0 Å². The number of pyridine rings is 1. The third-order valence-electron chi connectivity index (χ3n) is 4.62. The van der Waals surface area contributed by atoms with E-state index in [1.165, 1.54) is 16.2 Å². The van der Waals surface area contributed by atoms with Gasteiger partial charge in [0.15, 0.2) is 0 Å². The summed E-state index contributed by atoms with van der Waals surface area (Å²) in [5.41, 5.74) is 0.500. The maximum atomic E-state index is 13.2. The summed E-state index contributed by atoms with van der Waals surface area (Å²) in [5, 5.41) is 11.9. The molecule has 2 N–H and O–H groups in total. The van der Waals surface area contributed by atoms with E-state index < -0.39 is 0 Å². The number of thiocarbonyl (C=S) groups is 1. The number of amides is 1. The Kier molecular flexibility index (Phi) is 8.19. The molecule has 0 spiro atoms. The number of aromatic nitrogens is 2. The van der Waals surface area contributed by atoms with Gasteiger partial charge >= 0.3 is 0 Å². The molecule has 3 rings (SSSR count). The zero-order valence-corrected chi connectivity index (χ0v) is 19.2. The molecule has 1 amide bonds. The third kappa shape index (κ3) is 5.70. The Bertz CT molecular complexity index is 1050. The second-order valence-corrected chi connectivity index (χ2v) is 9.06. The van der Waals surface area contributed by atoms with Gasteiger partial charge in [-0.2, -0.15) is 0 Å². The second-order valence-electron chi connectivity index (χ2n) is 7.39.